The number of rotatable bonds is 7. The van der Waals surface area contributed by atoms with Crippen LogP contribution >= 0.6 is 11.8 Å². The Balaban J connectivity index is 2.40. The number of nitrogens with zero attached hydrogens (tertiary/aromatic N) is 3. The van der Waals surface area contributed by atoms with E-state index in [1.54, 1.807) is 24.3 Å². The minimum Gasteiger partial charge on any atom is -0.480 e. The van der Waals surface area contributed by atoms with E-state index in [-0.39, 0.29) is 0 Å². The van der Waals surface area contributed by atoms with Gasteiger partial charge >= 0.3 is 5.97 Å². The lowest BCUT2D eigenvalue weighted by atomic mass is 10.2. The molecule has 2 N–H and O–H groups in total. The van der Waals surface area contributed by atoms with E-state index in [9.17, 15) is 14.4 Å². The molecule has 0 fully saturated rings. The molecule has 0 aliphatic carbocycles. The molecule has 0 radical (unpaired) electrons. The van der Waals surface area contributed by atoms with E-state index in [1.165, 1.54) is 18.7 Å². The number of carbonyl (C=O) groups excluding carboxylic acids is 1. The predicted octanol–water partition coefficient (Wildman–Crippen LogP) is 0.675. The van der Waals surface area contributed by atoms with Crippen molar-refractivity contribution in [1.29, 1.82) is 0 Å². The van der Waals surface area contributed by atoms with E-state index >= 15 is 0 Å². The van der Waals surface area contributed by atoms with E-state index in [1.807, 2.05) is 6.26 Å². The minimum atomic E-state index is -1.15. The van der Waals surface area contributed by atoms with Crippen LogP contribution in [0.25, 0.3) is 10.9 Å². The van der Waals surface area contributed by atoms with E-state index in [4.69, 9.17) is 5.11 Å². The first-order chi connectivity index (χ1) is 11.5. The Morgan fingerprint density at radius 1 is 1.38 bits per heavy atom. The van der Waals surface area contributed by atoms with Crippen molar-refractivity contribution >= 4 is 34.5 Å². The largest absolute Gasteiger partial charge is 0.480 e. The molecule has 0 saturated heterocycles. The standard InChI is InChI=1S/C15H18N4O4S/c1-9(15(22)23)16-13(20)12(7-8-24-2)19-14(21)10-5-3-4-6-11(10)17-18-19/h3-6,9,12H,7-8H2,1-2H3,(H,16,20)(H,22,23)/t9-,12-/m0/s1. The van der Waals surface area contributed by atoms with Crippen LogP contribution in [0.5, 0.6) is 0 Å². The SMILES string of the molecule is CSCC[C@@H](C(=O)N[C@@H](C)C(=O)O)n1nnc2ccccc2c1=O. The molecular formula is C15H18N4O4S. The number of aromatic nitrogens is 3. The van der Waals surface area contributed by atoms with Crippen LogP contribution in [-0.2, 0) is 9.59 Å². The quantitative estimate of drug-likeness (QED) is 0.754. The molecular weight excluding hydrogens is 332 g/mol. The van der Waals surface area contributed by atoms with Crippen LogP contribution in [0.3, 0.4) is 0 Å². The van der Waals surface area contributed by atoms with Gasteiger partial charge in [-0.3, -0.25) is 14.4 Å². The van der Waals surface area contributed by atoms with Gasteiger partial charge in [-0.2, -0.15) is 16.4 Å². The van der Waals surface area contributed by atoms with Crippen LogP contribution in [0, 0.1) is 0 Å². The summed E-state index contributed by atoms with van der Waals surface area (Å²) in [6, 6.07) is 4.76. The number of aliphatic carboxylic acids is 1. The Morgan fingerprint density at radius 3 is 2.75 bits per heavy atom. The molecule has 2 atom stereocenters. The molecule has 1 aromatic heterocycles. The summed E-state index contributed by atoms with van der Waals surface area (Å²) >= 11 is 1.52. The zero-order valence-corrected chi connectivity index (χ0v) is 14.1. The van der Waals surface area contributed by atoms with Crippen molar-refractivity contribution in [3.63, 3.8) is 0 Å². The first-order valence-corrected chi connectivity index (χ1v) is 8.71. The monoisotopic (exact) mass is 350 g/mol. The van der Waals surface area contributed by atoms with Crippen LogP contribution in [-0.4, -0.2) is 50.0 Å². The zero-order valence-electron chi connectivity index (χ0n) is 13.3. The van der Waals surface area contributed by atoms with Gasteiger partial charge in [-0.1, -0.05) is 17.3 Å². The summed E-state index contributed by atoms with van der Waals surface area (Å²) in [5.41, 5.74) is 0.0199. The van der Waals surface area contributed by atoms with Gasteiger partial charge in [-0.15, -0.1) is 5.10 Å². The van der Waals surface area contributed by atoms with Gasteiger partial charge < -0.3 is 10.4 Å². The predicted molar refractivity (Wildman–Crippen MR) is 91.1 cm³/mol. The smallest absolute Gasteiger partial charge is 0.325 e. The van der Waals surface area contributed by atoms with Crippen molar-refractivity contribution < 1.29 is 14.7 Å². The maximum atomic E-state index is 12.6. The second-order valence-electron chi connectivity index (χ2n) is 5.22. The Kier molecular flexibility index (Phi) is 5.91. The van der Waals surface area contributed by atoms with Gasteiger partial charge in [0, 0.05) is 0 Å². The molecule has 0 saturated carbocycles. The van der Waals surface area contributed by atoms with Gasteiger partial charge in [0.2, 0.25) is 5.91 Å². The molecule has 1 heterocycles. The van der Waals surface area contributed by atoms with Crippen LogP contribution in [0.15, 0.2) is 29.1 Å². The Hall–Kier alpha value is -2.42. The highest BCUT2D eigenvalue weighted by Gasteiger charge is 2.26. The van der Waals surface area contributed by atoms with Crippen LogP contribution < -0.4 is 10.9 Å². The summed E-state index contributed by atoms with van der Waals surface area (Å²) in [4.78, 5) is 36.0. The fraction of sp³-hybridized carbons (Fsp3) is 0.400. The van der Waals surface area contributed by atoms with E-state index in [2.05, 4.69) is 15.6 Å². The number of amides is 1. The number of thioether (sulfide) groups is 1. The van der Waals surface area contributed by atoms with Gasteiger partial charge in [0.15, 0.2) is 0 Å². The third kappa shape index (κ3) is 3.91. The van der Waals surface area contributed by atoms with Gasteiger partial charge in [0.25, 0.3) is 5.56 Å². The van der Waals surface area contributed by atoms with Crippen molar-refractivity contribution in [3.05, 3.63) is 34.6 Å². The summed E-state index contributed by atoms with van der Waals surface area (Å²) in [5, 5.41) is 19.5. The zero-order chi connectivity index (χ0) is 17.7. The van der Waals surface area contributed by atoms with Crippen molar-refractivity contribution in [2.45, 2.75) is 25.4 Å². The summed E-state index contributed by atoms with van der Waals surface area (Å²) < 4.78 is 1.03. The molecule has 0 bridgehead atoms. The van der Waals surface area contributed by atoms with Crippen molar-refractivity contribution in [1.82, 2.24) is 20.3 Å². The highest BCUT2D eigenvalue weighted by Crippen LogP contribution is 2.14. The molecule has 24 heavy (non-hydrogen) atoms. The molecule has 2 rings (SSSR count). The maximum Gasteiger partial charge on any atom is 0.325 e. The first kappa shape index (κ1) is 17.9. The molecule has 0 spiro atoms. The third-order valence-electron chi connectivity index (χ3n) is 3.51. The number of carboxylic acids is 1. The van der Waals surface area contributed by atoms with E-state index in [0.717, 1.165) is 4.68 Å². The second-order valence-corrected chi connectivity index (χ2v) is 6.21. The average molecular weight is 350 g/mol. The van der Waals surface area contributed by atoms with Crippen LogP contribution in [0.4, 0.5) is 0 Å². The molecule has 0 aliphatic rings. The lowest BCUT2D eigenvalue weighted by Gasteiger charge is -2.19. The number of hydrogen-bond acceptors (Lipinski definition) is 6. The van der Waals surface area contributed by atoms with Crippen molar-refractivity contribution in [3.8, 4) is 0 Å². The Bertz CT molecular complexity index is 807. The molecule has 2 aromatic rings. The fourth-order valence-electron chi connectivity index (χ4n) is 2.17. The average Bonchev–Trinajstić information content (AvgIpc) is 2.57. The highest BCUT2D eigenvalue weighted by molar-refractivity contribution is 7.98. The summed E-state index contributed by atoms with van der Waals surface area (Å²) in [5.74, 6) is -1.10. The number of fused-ring (bicyclic) bond motifs is 1. The number of nitrogens with one attached hydrogen (secondary N) is 1. The fourth-order valence-corrected chi connectivity index (χ4v) is 2.63. The van der Waals surface area contributed by atoms with Crippen LogP contribution in [0.2, 0.25) is 0 Å². The second kappa shape index (κ2) is 7.91. The van der Waals surface area contributed by atoms with E-state index < -0.39 is 29.5 Å². The topological polar surface area (TPSA) is 114 Å². The Labute approximate surface area is 142 Å². The summed E-state index contributed by atoms with van der Waals surface area (Å²) in [6.07, 6.45) is 2.22. The molecule has 0 aliphatic heterocycles. The third-order valence-corrected chi connectivity index (χ3v) is 4.16. The normalized spacial score (nSPS) is 13.4. The Morgan fingerprint density at radius 2 is 2.08 bits per heavy atom. The lowest BCUT2D eigenvalue weighted by molar-refractivity contribution is -0.141. The van der Waals surface area contributed by atoms with Gasteiger partial charge in [0.1, 0.15) is 17.6 Å². The number of hydrogen-bond donors (Lipinski definition) is 2. The lowest BCUT2D eigenvalue weighted by Crippen LogP contribution is -2.45. The van der Waals surface area contributed by atoms with Gasteiger partial charge in [0.05, 0.1) is 5.39 Å². The van der Waals surface area contributed by atoms with E-state index in [0.29, 0.717) is 23.1 Å². The molecule has 0 unspecified atom stereocenters. The number of carboxylic acid groups (broad SMARTS) is 1. The van der Waals surface area contributed by atoms with Crippen molar-refractivity contribution in [2.24, 2.45) is 0 Å². The first-order valence-electron chi connectivity index (χ1n) is 7.32. The summed E-state index contributed by atoms with van der Waals surface area (Å²) in [7, 11) is 0. The minimum absolute atomic E-state index is 0.340. The number of benzene rings is 1. The van der Waals surface area contributed by atoms with Gasteiger partial charge in [-0.25, -0.2) is 0 Å². The molecule has 8 nitrogen and oxygen atoms in total. The number of carbonyl (C=O) groups is 2. The molecule has 128 valence electrons. The molecule has 1 aromatic carbocycles. The summed E-state index contributed by atoms with van der Waals surface area (Å²) in [6.45, 7) is 1.36. The molecule has 9 heteroatoms. The van der Waals surface area contributed by atoms with Crippen molar-refractivity contribution in [2.75, 3.05) is 12.0 Å². The molecule has 1 amide bonds. The van der Waals surface area contributed by atoms with Crippen LogP contribution in [0.1, 0.15) is 19.4 Å². The highest BCUT2D eigenvalue weighted by atomic mass is 32.2. The van der Waals surface area contributed by atoms with Gasteiger partial charge in [-0.05, 0) is 37.5 Å². The maximum absolute atomic E-state index is 12.6.